The molecule has 170 valence electrons. The third kappa shape index (κ3) is 6.09. The summed E-state index contributed by atoms with van der Waals surface area (Å²) in [7, 11) is 1.59. The number of amides is 2. The predicted octanol–water partition coefficient (Wildman–Crippen LogP) is 4.14. The largest absolute Gasteiger partial charge is 0.497 e. The van der Waals surface area contributed by atoms with Gasteiger partial charge < -0.3 is 19.7 Å². The second-order valence-electron chi connectivity index (χ2n) is 7.85. The average molecular weight is 439 g/mol. The van der Waals surface area contributed by atoms with Crippen LogP contribution in [0.3, 0.4) is 0 Å². The molecule has 0 radical (unpaired) electrons. The van der Waals surface area contributed by atoms with Gasteiger partial charge in [-0.05, 0) is 67.8 Å². The number of benzene rings is 2. The number of rotatable bonds is 8. The van der Waals surface area contributed by atoms with Crippen molar-refractivity contribution in [3.63, 3.8) is 0 Å². The first-order valence-corrected chi connectivity index (χ1v) is 11.0. The minimum Gasteiger partial charge on any atom is -0.497 e. The number of carbonyl (C=O) groups is 3. The number of nitrogens with one attached hydrogen (secondary N) is 1. The van der Waals surface area contributed by atoms with Gasteiger partial charge in [0.25, 0.3) is 5.91 Å². The van der Waals surface area contributed by atoms with Crippen molar-refractivity contribution in [2.24, 2.45) is 5.92 Å². The van der Waals surface area contributed by atoms with Crippen molar-refractivity contribution >= 4 is 23.5 Å². The summed E-state index contributed by atoms with van der Waals surface area (Å²) in [4.78, 5) is 39.1. The van der Waals surface area contributed by atoms with Gasteiger partial charge in [0.05, 0.1) is 19.3 Å². The molecule has 1 N–H and O–H groups in total. The van der Waals surface area contributed by atoms with Crippen molar-refractivity contribution in [2.45, 2.75) is 32.6 Å². The SMILES string of the molecule is CCCCOC(=O)c1ccc(NC(=O)C2CCN(C(=O)c3ccc(OC)cc3)CC2)cc1. The molecule has 0 bridgehead atoms. The zero-order valence-electron chi connectivity index (χ0n) is 18.6. The van der Waals surface area contributed by atoms with Crippen LogP contribution in [-0.2, 0) is 9.53 Å². The van der Waals surface area contributed by atoms with E-state index in [9.17, 15) is 14.4 Å². The summed E-state index contributed by atoms with van der Waals surface area (Å²) in [5, 5.41) is 2.91. The lowest BCUT2D eigenvalue weighted by Crippen LogP contribution is -2.41. The first kappa shape index (κ1) is 23.3. The first-order valence-electron chi connectivity index (χ1n) is 11.0. The van der Waals surface area contributed by atoms with Gasteiger partial charge in [-0.1, -0.05) is 13.3 Å². The van der Waals surface area contributed by atoms with Crippen molar-refractivity contribution in [1.82, 2.24) is 4.90 Å². The van der Waals surface area contributed by atoms with Crippen molar-refractivity contribution in [3.8, 4) is 5.75 Å². The van der Waals surface area contributed by atoms with E-state index in [0.717, 1.165) is 12.8 Å². The van der Waals surface area contributed by atoms with Gasteiger partial charge in [0, 0.05) is 30.3 Å². The molecule has 2 amide bonds. The molecule has 0 aromatic heterocycles. The molecule has 7 heteroatoms. The molecule has 1 heterocycles. The molecule has 1 aliphatic rings. The number of likely N-dealkylation sites (tertiary alicyclic amines) is 1. The van der Waals surface area contributed by atoms with E-state index >= 15 is 0 Å². The normalized spacial score (nSPS) is 14.0. The van der Waals surface area contributed by atoms with E-state index in [1.165, 1.54) is 0 Å². The quantitative estimate of drug-likeness (QED) is 0.495. The number of methoxy groups -OCH3 is 1. The molecule has 3 rings (SSSR count). The summed E-state index contributed by atoms with van der Waals surface area (Å²) in [5.74, 6) is 0.0879. The van der Waals surface area contributed by atoms with Crippen molar-refractivity contribution in [3.05, 3.63) is 59.7 Å². The summed E-state index contributed by atoms with van der Waals surface area (Å²) in [6.45, 7) is 3.51. The molecule has 1 saturated heterocycles. The Morgan fingerprint density at radius 2 is 1.59 bits per heavy atom. The zero-order valence-corrected chi connectivity index (χ0v) is 18.6. The van der Waals surface area contributed by atoms with Crippen molar-refractivity contribution < 1.29 is 23.9 Å². The standard InChI is InChI=1S/C25H30N2O5/c1-3-4-17-32-25(30)20-5-9-21(10-6-20)26-23(28)18-13-15-27(16-14-18)24(29)19-7-11-22(31-2)12-8-19/h5-12,18H,3-4,13-17H2,1-2H3,(H,26,28). The number of unbranched alkanes of at least 4 members (excludes halogenated alkanes) is 1. The van der Waals surface area contributed by atoms with Crippen molar-refractivity contribution in [1.29, 1.82) is 0 Å². The maximum atomic E-state index is 12.7. The van der Waals surface area contributed by atoms with E-state index in [1.807, 2.05) is 6.92 Å². The van der Waals surface area contributed by atoms with Crippen LogP contribution in [0.2, 0.25) is 0 Å². The van der Waals surface area contributed by atoms with Gasteiger partial charge in [-0.2, -0.15) is 0 Å². The Labute approximate surface area is 188 Å². The van der Waals surface area contributed by atoms with E-state index in [4.69, 9.17) is 9.47 Å². The number of anilines is 1. The first-order chi connectivity index (χ1) is 15.5. The Hall–Kier alpha value is -3.35. The molecule has 0 atom stereocenters. The van der Waals surface area contributed by atoms with E-state index in [0.29, 0.717) is 55.1 Å². The highest BCUT2D eigenvalue weighted by atomic mass is 16.5. The smallest absolute Gasteiger partial charge is 0.338 e. The minimum absolute atomic E-state index is 0.0343. The highest BCUT2D eigenvalue weighted by Crippen LogP contribution is 2.22. The lowest BCUT2D eigenvalue weighted by molar-refractivity contribution is -0.121. The monoisotopic (exact) mass is 438 g/mol. The lowest BCUT2D eigenvalue weighted by atomic mass is 9.95. The highest BCUT2D eigenvalue weighted by Gasteiger charge is 2.28. The number of hydrogen-bond donors (Lipinski definition) is 1. The van der Waals surface area contributed by atoms with Crippen LogP contribution in [0.25, 0.3) is 0 Å². The number of esters is 1. The van der Waals surface area contributed by atoms with E-state index < -0.39 is 0 Å². The maximum absolute atomic E-state index is 12.7. The second kappa shape index (κ2) is 11.3. The van der Waals surface area contributed by atoms with Crippen LogP contribution in [0.5, 0.6) is 5.75 Å². The van der Waals surface area contributed by atoms with Gasteiger partial charge in [0.2, 0.25) is 5.91 Å². The molecule has 2 aromatic rings. The molecule has 0 spiro atoms. The van der Waals surface area contributed by atoms with Crippen LogP contribution in [0.15, 0.2) is 48.5 Å². The summed E-state index contributed by atoms with van der Waals surface area (Å²) in [6.07, 6.45) is 3.02. The molecule has 0 aliphatic carbocycles. The molecule has 0 saturated carbocycles. The Kier molecular flexibility index (Phi) is 8.25. The molecular formula is C25H30N2O5. The fourth-order valence-corrected chi connectivity index (χ4v) is 3.59. The highest BCUT2D eigenvalue weighted by molar-refractivity contribution is 5.96. The fraction of sp³-hybridized carbons (Fsp3) is 0.400. The van der Waals surface area contributed by atoms with E-state index in [2.05, 4.69) is 5.32 Å². The molecule has 1 fully saturated rings. The van der Waals surface area contributed by atoms with E-state index in [1.54, 1.807) is 60.5 Å². The number of ether oxygens (including phenoxy) is 2. The zero-order chi connectivity index (χ0) is 22.9. The van der Waals surface area contributed by atoms with Gasteiger partial charge in [0.15, 0.2) is 0 Å². The summed E-state index contributed by atoms with van der Waals surface area (Å²) >= 11 is 0. The van der Waals surface area contributed by atoms with Crippen LogP contribution >= 0.6 is 0 Å². The van der Waals surface area contributed by atoms with Gasteiger partial charge in [-0.15, -0.1) is 0 Å². The third-order valence-electron chi connectivity index (χ3n) is 5.61. The molecule has 7 nitrogen and oxygen atoms in total. The molecule has 2 aromatic carbocycles. The number of nitrogens with zero attached hydrogens (tertiary/aromatic N) is 1. The molecular weight excluding hydrogens is 408 g/mol. The van der Waals surface area contributed by atoms with Crippen LogP contribution < -0.4 is 10.1 Å². The summed E-state index contributed by atoms with van der Waals surface area (Å²) in [5.41, 5.74) is 1.71. The third-order valence-corrected chi connectivity index (χ3v) is 5.61. The lowest BCUT2D eigenvalue weighted by Gasteiger charge is -2.31. The van der Waals surface area contributed by atoms with Gasteiger partial charge in [0.1, 0.15) is 5.75 Å². The molecule has 1 aliphatic heterocycles. The Morgan fingerprint density at radius 1 is 0.969 bits per heavy atom. The van der Waals surface area contributed by atoms with E-state index in [-0.39, 0.29) is 23.7 Å². The van der Waals surface area contributed by atoms with Crippen LogP contribution in [0.4, 0.5) is 5.69 Å². The minimum atomic E-state index is -0.356. The summed E-state index contributed by atoms with van der Waals surface area (Å²) < 4.78 is 10.3. The Bertz CT molecular complexity index is 916. The number of piperidine rings is 1. The van der Waals surface area contributed by atoms with Crippen LogP contribution in [0.1, 0.15) is 53.3 Å². The van der Waals surface area contributed by atoms with Crippen LogP contribution in [-0.4, -0.2) is 49.5 Å². The Balaban J connectivity index is 1.47. The van der Waals surface area contributed by atoms with Crippen molar-refractivity contribution in [2.75, 3.05) is 32.1 Å². The number of hydrogen-bond acceptors (Lipinski definition) is 5. The molecule has 0 unspecified atom stereocenters. The van der Waals surface area contributed by atoms with Gasteiger partial charge in [-0.3, -0.25) is 9.59 Å². The molecule has 32 heavy (non-hydrogen) atoms. The summed E-state index contributed by atoms with van der Waals surface area (Å²) in [6, 6.07) is 13.8. The van der Waals surface area contributed by atoms with Gasteiger partial charge in [-0.25, -0.2) is 4.79 Å². The average Bonchev–Trinajstić information content (AvgIpc) is 2.84. The second-order valence-corrected chi connectivity index (χ2v) is 7.85. The fourth-order valence-electron chi connectivity index (χ4n) is 3.59. The maximum Gasteiger partial charge on any atom is 0.338 e. The Morgan fingerprint density at radius 3 is 2.19 bits per heavy atom. The predicted molar refractivity (Wildman–Crippen MR) is 122 cm³/mol. The number of carbonyl (C=O) groups excluding carboxylic acids is 3. The topological polar surface area (TPSA) is 84.9 Å². The van der Waals surface area contributed by atoms with Gasteiger partial charge >= 0.3 is 5.97 Å². The van der Waals surface area contributed by atoms with Crippen LogP contribution in [0, 0.1) is 5.92 Å².